The summed E-state index contributed by atoms with van der Waals surface area (Å²) in [6.07, 6.45) is 0.518. The second kappa shape index (κ2) is 8.29. The van der Waals surface area contributed by atoms with Crippen molar-refractivity contribution in [3.05, 3.63) is 35.9 Å². The Balaban J connectivity index is 2.80. The quantitative estimate of drug-likeness (QED) is 0.450. The van der Waals surface area contributed by atoms with Gasteiger partial charge in [0.05, 0.1) is 13.2 Å². The maximum atomic E-state index is 11.9. The molecule has 1 atom stereocenters. The summed E-state index contributed by atoms with van der Waals surface area (Å²) >= 11 is 0. The predicted molar refractivity (Wildman–Crippen MR) is 75.3 cm³/mol. The van der Waals surface area contributed by atoms with Crippen molar-refractivity contribution in [1.82, 2.24) is 0 Å². The van der Waals surface area contributed by atoms with Gasteiger partial charge in [-0.25, -0.2) is 9.79 Å². The van der Waals surface area contributed by atoms with Crippen LogP contribution in [0.3, 0.4) is 0 Å². The number of hydrogen-bond acceptors (Lipinski definition) is 4. The molecule has 4 nitrogen and oxygen atoms in total. The highest BCUT2D eigenvalue weighted by Crippen LogP contribution is 2.08. The highest BCUT2D eigenvalue weighted by Gasteiger charge is 2.19. The van der Waals surface area contributed by atoms with Gasteiger partial charge in [-0.2, -0.15) is 0 Å². The maximum absolute atomic E-state index is 11.9. The van der Waals surface area contributed by atoms with Gasteiger partial charge >= 0.3 is 5.97 Å². The van der Waals surface area contributed by atoms with Crippen LogP contribution in [0.1, 0.15) is 26.3 Å². The first-order valence-corrected chi connectivity index (χ1v) is 6.55. The van der Waals surface area contributed by atoms with E-state index in [1.807, 2.05) is 37.3 Å². The Kier molecular flexibility index (Phi) is 6.64. The van der Waals surface area contributed by atoms with Crippen molar-refractivity contribution in [2.24, 2.45) is 4.99 Å². The standard InChI is InChI=1S/C15H21NO3/c1-4-18-12(3)16-14(15(17)19-5-2)11-13-9-7-6-8-10-13/h6-10,14H,4-5,11H2,1-3H3/t14-/m1/s1. The van der Waals surface area contributed by atoms with Crippen LogP contribution in [0.4, 0.5) is 0 Å². The molecule has 104 valence electrons. The number of esters is 1. The zero-order valence-corrected chi connectivity index (χ0v) is 11.8. The van der Waals surface area contributed by atoms with E-state index in [1.165, 1.54) is 0 Å². The van der Waals surface area contributed by atoms with Crippen LogP contribution in [-0.2, 0) is 20.7 Å². The Morgan fingerprint density at radius 2 is 1.79 bits per heavy atom. The molecule has 0 amide bonds. The summed E-state index contributed by atoms with van der Waals surface area (Å²) in [6.45, 7) is 6.32. The molecule has 0 unspecified atom stereocenters. The average Bonchev–Trinajstić information content (AvgIpc) is 2.40. The summed E-state index contributed by atoms with van der Waals surface area (Å²) in [6, 6.07) is 9.22. The first kappa shape index (κ1) is 15.2. The Labute approximate surface area is 114 Å². The molecule has 0 fully saturated rings. The number of carbonyl (C=O) groups excluding carboxylic acids is 1. The van der Waals surface area contributed by atoms with Crippen LogP contribution in [-0.4, -0.2) is 31.1 Å². The molecule has 0 aromatic heterocycles. The number of nitrogens with zero attached hydrogens (tertiary/aromatic N) is 1. The fourth-order valence-corrected chi connectivity index (χ4v) is 1.72. The number of hydrogen-bond donors (Lipinski definition) is 0. The predicted octanol–water partition coefficient (Wildman–Crippen LogP) is 2.62. The van der Waals surface area contributed by atoms with Gasteiger partial charge in [0.15, 0.2) is 11.9 Å². The van der Waals surface area contributed by atoms with E-state index >= 15 is 0 Å². The third kappa shape index (κ3) is 5.55. The molecule has 19 heavy (non-hydrogen) atoms. The topological polar surface area (TPSA) is 47.9 Å². The summed E-state index contributed by atoms with van der Waals surface area (Å²) in [5, 5.41) is 0. The van der Waals surface area contributed by atoms with Crippen LogP contribution in [0, 0.1) is 0 Å². The fraction of sp³-hybridized carbons (Fsp3) is 0.467. The lowest BCUT2D eigenvalue weighted by molar-refractivity contribution is -0.144. The molecular formula is C15H21NO3. The van der Waals surface area contributed by atoms with Crippen molar-refractivity contribution >= 4 is 11.9 Å². The minimum atomic E-state index is -0.547. The van der Waals surface area contributed by atoms with E-state index in [2.05, 4.69) is 4.99 Å². The van der Waals surface area contributed by atoms with Crippen LogP contribution in [0.25, 0.3) is 0 Å². The maximum Gasteiger partial charge on any atom is 0.331 e. The van der Waals surface area contributed by atoms with Gasteiger partial charge in [-0.05, 0) is 19.4 Å². The SMILES string of the molecule is CCOC(=O)[C@@H](Cc1ccccc1)N=C(C)OCC. The molecule has 0 heterocycles. The van der Waals surface area contributed by atoms with Crippen LogP contribution < -0.4 is 0 Å². The van der Waals surface area contributed by atoms with E-state index in [1.54, 1.807) is 13.8 Å². The second-order valence-electron chi connectivity index (χ2n) is 4.04. The van der Waals surface area contributed by atoms with Gasteiger partial charge in [0.1, 0.15) is 0 Å². The van der Waals surface area contributed by atoms with Crippen molar-refractivity contribution < 1.29 is 14.3 Å². The van der Waals surface area contributed by atoms with E-state index < -0.39 is 6.04 Å². The second-order valence-corrected chi connectivity index (χ2v) is 4.04. The molecule has 0 spiro atoms. The van der Waals surface area contributed by atoms with Gasteiger partial charge in [-0.1, -0.05) is 30.3 Å². The Morgan fingerprint density at radius 3 is 2.37 bits per heavy atom. The summed E-state index contributed by atoms with van der Waals surface area (Å²) in [5.74, 6) is 0.196. The van der Waals surface area contributed by atoms with Gasteiger partial charge in [-0.3, -0.25) is 0 Å². The molecule has 4 heteroatoms. The Morgan fingerprint density at radius 1 is 1.16 bits per heavy atom. The normalized spacial score (nSPS) is 12.9. The van der Waals surface area contributed by atoms with Crippen LogP contribution in [0.15, 0.2) is 35.3 Å². The minimum absolute atomic E-state index is 0.314. The highest BCUT2D eigenvalue weighted by molar-refractivity contribution is 5.81. The number of ether oxygens (including phenoxy) is 2. The monoisotopic (exact) mass is 263 g/mol. The van der Waals surface area contributed by atoms with Crippen LogP contribution in [0.5, 0.6) is 0 Å². The van der Waals surface area contributed by atoms with Crippen molar-refractivity contribution in [3.8, 4) is 0 Å². The van der Waals surface area contributed by atoms with E-state index in [0.717, 1.165) is 5.56 Å². The molecule has 0 N–H and O–H groups in total. The van der Waals surface area contributed by atoms with Gasteiger partial charge < -0.3 is 9.47 Å². The van der Waals surface area contributed by atoms with E-state index in [9.17, 15) is 4.79 Å². The van der Waals surface area contributed by atoms with E-state index in [4.69, 9.17) is 9.47 Å². The van der Waals surface area contributed by atoms with Crippen molar-refractivity contribution in [3.63, 3.8) is 0 Å². The first-order valence-electron chi connectivity index (χ1n) is 6.55. The van der Waals surface area contributed by atoms with Gasteiger partial charge in [0.25, 0.3) is 0 Å². The number of rotatable bonds is 6. The molecule has 0 aliphatic heterocycles. The highest BCUT2D eigenvalue weighted by atomic mass is 16.5. The molecule has 0 aliphatic carbocycles. The molecular weight excluding hydrogens is 242 g/mol. The zero-order valence-electron chi connectivity index (χ0n) is 11.8. The largest absolute Gasteiger partial charge is 0.481 e. The lowest BCUT2D eigenvalue weighted by Gasteiger charge is -2.13. The van der Waals surface area contributed by atoms with Crippen molar-refractivity contribution in [2.75, 3.05) is 13.2 Å². The average molecular weight is 263 g/mol. The summed E-state index contributed by atoms with van der Waals surface area (Å²) in [5.41, 5.74) is 1.05. The summed E-state index contributed by atoms with van der Waals surface area (Å²) in [4.78, 5) is 16.2. The third-order valence-electron chi connectivity index (χ3n) is 2.52. The molecule has 1 aromatic rings. The molecule has 0 saturated heterocycles. The third-order valence-corrected chi connectivity index (χ3v) is 2.52. The molecule has 1 aromatic carbocycles. The van der Waals surface area contributed by atoms with Gasteiger partial charge in [-0.15, -0.1) is 0 Å². The van der Waals surface area contributed by atoms with Crippen LogP contribution >= 0.6 is 0 Å². The molecule has 0 bridgehead atoms. The van der Waals surface area contributed by atoms with Crippen molar-refractivity contribution in [1.29, 1.82) is 0 Å². The van der Waals surface area contributed by atoms with Crippen LogP contribution in [0.2, 0.25) is 0 Å². The molecule has 0 aliphatic rings. The Bertz CT molecular complexity index is 415. The molecule has 0 saturated carbocycles. The van der Waals surface area contributed by atoms with Gasteiger partial charge in [0.2, 0.25) is 0 Å². The van der Waals surface area contributed by atoms with Gasteiger partial charge in [0, 0.05) is 13.3 Å². The lowest BCUT2D eigenvalue weighted by atomic mass is 10.1. The number of benzene rings is 1. The Hall–Kier alpha value is -1.84. The minimum Gasteiger partial charge on any atom is -0.481 e. The van der Waals surface area contributed by atoms with E-state index in [-0.39, 0.29) is 5.97 Å². The molecule has 1 rings (SSSR count). The fourth-order valence-electron chi connectivity index (χ4n) is 1.72. The lowest BCUT2D eigenvalue weighted by Crippen LogP contribution is -2.25. The van der Waals surface area contributed by atoms with E-state index in [0.29, 0.717) is 25.5 Å². The first-order chi connectivity index (χ1) is 9.17. The summed E-state index contributed by atoms with van der Waals surface area (Å²) < 4.78 is 10.3. The molecule has 0 radical (unpaired) electrons. The number of carbonyl (C=O) groups is 1. The number of aliphatic imine (C=N–C) groups is 1. The van der Waals surface area contributed by atoms with Crippen molar-refractivity contribution in [2.45, 2.75) is 33.2 Å². The zero-order chi connectivity index (χ0) is 14.1. The smallest absolute Gasteiger partial charge is 0.331 e. The summed E-state index contributed by atoms with van der Waals surface area (Å²) in [7, 11) is 0.